The molecule has 0 amide bonds. The second-order valence-electron chi connectivity index (χ2n) is 10.0. The zero-order valence-electron chi connectivity index (χ0n) is 22.2. The quantitative estimate of drug-likeness (QED) is 0.243. The molecule has 0 unspecified atom stereocenters. The third kappa shape index (κ3) is 4.00. The first-order valence-corrected chi connectivity index (χ1v) is 13.3. The van der Waals surface area contributed by atoms with Crippen LogP contribution in [0, 0.1) is 0 Å². The molecule has 0 fully saturated rings. The summed E-state index contributed by atoms with van der Waals surface area (Å²) in [6, 6.07) is 41.5. The number of hydrogen-bond acceptors (Lipinski definition) is 3. The molecule has 2 heterocycles. The van der Waals surface area contributed by atoms with Crippen molar-refractivity contribution in [3.05, 3.63) is 132 Å². The normalized spacial score (nSPS) is 11.3. The number of fused-ring (bicyclic) bond motifs is 2. The first kappa shape index (κ1) is 23.8. The molecule has 7 rings (SSSR count). The third-order valence-corrected chi connectivity index (χ3v) is 7.61. The zero-order valence-corrected chi connectivity index (χ0v) is 22.2. The predicted molar refractivity (Wildman–Crippen MR) is 163 cm³/mol. The van der Waals surface area contributed by atoms with Crippen LogP contribution in [0.25, 0.3) is 66.8 Å². The first-order chi connectivity index (χ1) is 19.6. The summed E-state index contributed by atoms with van der Waals surface area (Å²) in [4.78, 5) is 22.4. The number of nitrogens with zero attached hydrogens (tertiary/aromatic N) is 4. The molecule has 0 radical (unpaired) electrons. The Hall–Kier alpha value is -5.29. The van der Waals surface area contributed by atoms with Gasteiger partial charge in [-0.1, -0.05) is 103 Å². The van der Waals surface area contributed by atoms with Gasteiger partial charge in [-0.25, -0.2) is 14.8 Å². The van der Waals surface area contributed by atoms with Crippen LogP contribution in [0.4, 0.5) is 0 Å². The molecule has 0 aliphatic carbocycles. The van der Waals surface area contributed by atoms with Crippen molar-refractivity contribution in [2.75, 3.05) is 0 Å². The molecule has 0 atom stereocenters. The summed E-state index contributed by atoms with van der Waals surface area (Å²) in [6.07, 6.45) is 0. The van der Waals surface area contributed by atoms with Gasteiger partial charge >= 0.3 is 5.69 Å². The monoisotopic (exact) mass is 518 g/mol. The molecule has 0 saturated heterocycles. The maximum Gasteiger partial charge on any atom is 0.328 e. The smallest absolute Gasteiger partial charge is 0.295 e. The van der Waals surface area contributed by atoms with Gasteiger partial charge in [-0.2, -0.15) is 0 Å². The molecule has 40 heavy (non-hydrogen) atoms. The fourth-order valence-corrected chi connectivity index (χ4v) is 5.42. The lowest BCUT2D eigenvalue weighted by molar-refractivity contribution is 0.795. The Bertz CT molecular complexity index is 2080. The van der Waals surface area contributed by atoms with E-state index in [1.165, 1.54) is 5.39 Å². The van der Waals surface area contributed by atoms with Gasteiger partial charge in [0.15, 0.2) is 5.82 Å². The van der Waals surface area contributed by atoms with Gasteiger partial charge in [-0.3, -0.25) is 9.13 Å². The molecule has 0 spiro atoms. The fourth-order valence-electron chi connectivity index (χ4n) is 5.42. The molecule has 0 aliphatic rings. The number of aromatic nitrogens is 4. The largest absolute Gasteiger partial charge is 0.328 e. The van der Waals surface area contributed by atoms with E-state index in [2.05, 4.69) is 84.9 Å². The van der Waals surface area contributed by atoms with Crippen LogP contribution in [-0.4, -0.2) is 19.1 Å². The Labute approximate surface area is 231 Å². The lowest BCUT2D eigenvalue weighted by atomic mass is 9.99. The van der Waals surface area contributed by atoms with Crippen LogP contribution in [-0.2, 0) is 14.1 Å². The number of rotatable bonds is 4. The van der Waals surface area contributed by atoms with Crippen LogP contribution in [0.5, 0.6) is 0 Å². The van der Waals surface area contributed by atoms with Gasteiger partial charge in [0.05, 0.1) is 22.4 Å². The second kappa shape index (κ2) is 9.47. The van der Waals surface area contributed by atoms with Crippen molar-refractivity contribution < 1.29 is 0 Å². The average Bonchev–Trinajstić information content (AvgIpc) is 3.24. The van der Waals surface area contributed by atoms with Gasteiger partial charge in [0, 0.05) is 30.8 Å². The topological polar surface area (TPSA) is 52.7 Å². The molecular weight excluding hydrogens is 492 g/mol. The zero-order chi connectivity index (χ0) is 27.2. The molecule has 192 valence electrons. The van der Waals surface area contributed by atoms with Gasteiger partial charge in [-0.15, -0.1) is 0 Å². The molecule has 5 aromatic carbocycles. The van der Waals surface area contributed by atoms with Crippen LogP contribution >= 0.6 is 0 Å². The summed E-state index contributed by atoms with van der Waals surface area (Å²) >= 11 is 0. The van der Waals surface area contributed by atoms with Crippen molar-refractivity contribution in [2.24, 2.45) is 14.1 Å². The summed E-state index contributed by atoms with van der Waals surface area (Å²) in [5.41, 5.74) is 8.77. The highest BCUT2D eigenvalue weighted by molar-refractivity contribution is 5.96. The number of imidazole rings is 1. The molecule has 0 saturated carbocycles. The number of hydrogen-bond donors (Lipinski definition) is 0. The SMILES string of the molecule is Cn1c(=O)n(C)c2cc(-c3ccc(-c4cc(-c5cccc6ccccc56)nc(-c5ccccc5)n4)cc3)ccc21. The van der Waals surface area contributed by atoms with E-state index in [1.54, 1.807) is 16.2 Å². The van der Waals surface area contributed by atoms with Crippen LogP contribution in [0.15, 0.2) is 126 Å². The van der Waals surface area contributed by atoms with Crippen LogP contribution in [0.2, 0.25) is 0 Å². The molecule has 2 aromatic heterocycles. The summed E-state index contributed by atoms with van der Waals surface area (Å²) in [5, 5.41) is 2.34. The van der Waals surface area contributed by atoms with E-state index >= 15 is 0 Å². The van der Waals surface area contributed by atoms with E-state index in [4.69, 9.17) is 9.97 Å². The Morgan fingerprint density at radius 3 is 2.00 bits per heavy atom. The lowest BCUT2D eigenvalue weighted by Gasteiger charge is -2.12. The van der Waals surface area contributed by atoms with Crippen molar-refractivity contribution in [3.63, 3.8) is 0 Å². The standard InChI is InChI=1S/C35H26N4O/c1-38-32-20-19-27(21-33(32)39(2)35(38)40)23-15-17-25(18-16-23)30-22-31(37-34(36-30)26-10-4-3-5-11-26)29-14-8-12-24-9-6-7-13-28(24)29/h3-22H,1-2H3. The molecular formula is C35H26N4O. The highest BCUT2D eigenvalue weighted by Crippen LogP contribution is 2.33. The second-order valence-corrected chi connectivity index (χ2v) is 10.0. The highest BCUT2D eigenvalue weighted by Gasteiger charge is 2.13. The molecule has 5 nitrogen and oxygen atoms in total. The Kier molecular flexibility index (Phi) is 5.64. The van der Waals surface area contributed by atoms with E-state index in [-0.39, 0.29) is 5.69 Å². The van der Waals surface area contributed by atoms with Crippen molar-refractivity contribution >= 4 is 21.8 Å². The first-order valence-electron chi connectivity index (χ1n) is 13.3. The van der Waals surface area contributed by atoms with Crippen molar-refractivity contribution in [2.45, 2.75) is 0 Å². The highest BCUT2D eigenvalue weighted by atomic mass is 16.1. The van der Waals surface area contributed by atoms with Gasteiger partial charge < -0.3 is 0 Å². The van der Waals surface area contributed by atoms with Gasteiger partial charge in [-0.05, 0) is 40.1 Å². The summed E-state index contributed by atoms with van der Waals surface area (Å²) in [5.74, 6) is 0.695. The van der Waals surface area contributed by atoms with Gasteiger partial charge in [0.25, 0.3) is 0 Å². The Balaban J connectivity index is 1.34. The minimum atomic E-state index is -0.0255. The van der Waals surface area contributed by atoms with E-state index in [1.807, 2.05) is 43.4 Å². The number of aryl methyl sites for hydroxylation is 2. The Morgan fingerprint density at radius 1 is 0.525 bits per heavy atom. The summed E-state index contributed by atoms with van der Waals surface area (Å²) in [7, 11) is 3.61. The van der Waals surface area contributed by atoms with Gasteiger partial charge in [0.2, 0.25) is 0 Å². The Morgan fingerprint density at radius 2 is 1.18 bits per heavy atom. The fraction of sp³-hybridized carbons (Fsp3) is 0.0571. The molecule has 0 aliphatic heterocycles. The van der Waals surface area contributed by atoms with E-state index in [0.29, 0.717) is 5.82 Å². The average molecular weight is 519 g/mol. The van der Waals surface area contributed by atoms with Crippen LogP contribution in [0.3, 0.4) is 0 Å². The molecule has 0 N–H and O–H groups in total. The van der Waals surface area contributed by atoms with E-state index in [0.717, 1.165) is 55.6 Å². The third-order valence-electron chi connectivity index (χ3n) is 7.61. The minimum absolute atomic E-state index is 0.0255. The maximum absolute atomic E-state index is 12.4. The summed E-state index contributed by atoms with van der Waals surface area (Å²) < 4.78 is 3.36. The molecule has 5 heteroatoms. The van der Waals surface area contributed by atoms with Crippen LogP contribution in [0.1, 0.15) is 0 Å². The number of benzene rings is 5. The maximum atomic E-state index is 12.4. The van der Waals surface area contributed by atoms with Crippen molar-refractivity contribution in [3.8, 4) is 45.0 Å². The molecule has 0 bridgehead atoms. The van der Waals surface area contributed by atoms with Crippen LogP contribution < -0.4 is 5.69 Å². The van der Waals surface area contributed by atoms with Crippen molar-refractivity contribution in [1.82, 2.24) is 19.1 Å². The lowest BCUT2D eigenvalue weighted by Crippen LogP contribution is -2.19. The van der Waals surface area contributed by atoms with E-state index in [9.17, 15) is 4.79 Å². The summed E-state index contributed by atoms with van der Waals surface area (Å²) in [6.45, 7) is 0. The molecule has 7 aromatic rings. The predicted octanol–water partition coefficient (Wildman–Crippen LogP) is 7.49. The van der Waals surface area contributed by atoms with Gasteiger partial charge in [0.1, 0.15) is 0 Å². The minimum Gasteiger partial charge on any atom is -0.295 e. The van der Waals surface area contributed by atoms with E-state index < -0.39 is 0 Å². The van der Waals surface area contributed by atoms with Crippen molar-refractivity contribution in [1.29, 1.82) is 0 Å².